The van der Waals surface area contributed by atoms with E-state index in [1.54, 1.807) is 6.07 Å². The molecule has 0 bridgehead atoms. The lowest BCUT2D eigenvalue weighted by Crippen LogP contribution is -2.51. The van der Waals surface area contributed by atoms with Crippen LogP contribution in [0.3, 0.4) is 0 Å². The Morgan fingerprint density at radius 3 is 2.81 bits per heavy atom. The van der Waals surface area contributed by atoms with Crippen LogP contribution >= 0.6 is 0 Å². The summed E-state index contributed by atoms with van der Waals surface area (Å²) in [7, 11) is 1.54. The van der Waals surface area contributed by atoms with Gasteiger partial charge in [0.25, 0.3) is 0 Å². The van der Waals surface area contributed by atoms with Crippen molar-refractivity contribution in [3.8, 4) is 5.75 Å². The standard InChI is InChI=1S/C19H19N3O5/c1-25-16-8-12-11-4-2-3-5-14(11)27-15(12)9-13(16)21-19(24)22-6-7-26-17(10-22)18(20)23/h2-5,8-9,17H,6-7,10H2,1H3,(H2,20,23)(H,21,24). The van der Waals surface area contributed by atoms with Crippen LogP contribution in [-0.2, 0) is 9.53 Å². The molecule has 0 spiro atoms. The number of nitrogens with two attached hydrogens (primary N) is 1. The monoisotopic (exact) mass is 369 g/mol. The highest BCUT2D eigenvalue weighted by molar-refractivity contribution is 6.07. The van der Waals surface area contributed by atoms with Gasteiger partial charge < -0.3 is 29.8 Å². The number of morpholine rings is 1. The smallest absolute Gasteiger partial charge is 0.322 e. The lowest BCUT2D eigenvalue weighted by atomic mass is 10.1. The number of urea groups is 1. The zero-order valence-electron chi connectivity index (χ0n) is 14.7. The highest BCUT2D eigenvalue weighted by Gasteiger charge is 2.28. The van der Waals surface area contributed by atoms with E-state index in [2.05, 4.69) is 5.32 Å². The Balaban J connectivity index is 1.63. The number of carbonyl (C=O) groups is 2. The molecule has 3 amide bonds. The third-order valence-corrected chi connectivity index (χ3v) is 4.61. The second-order valence-corrected chi connectivity index (χ2v) is 6.28. The third kappa shape index (κ3) is 3.15. The first-order valence-electron chi connectivity index (χ1n) is 8.53. The largest absolute Gasteiger partial charge is 0.495 e. The molecule has 1 unspecified atom stereocenters. The number of fused-ring (bicyclic) bond motifs is 3. The molecule has 8 nitrogen and oxygen atoms in total. The average molecular weight is 369 g/mol. The molecule has 27 heavy (non-hydrogen) atoms. The highest BCUT2D eigenvalue weighted by Crippen LogP contribution is 2.36. The van der Waals surface area contributed by atoms with Crippen molar-refractivity contribution < 1.29 is 23.5 Å². The molecule has 2 aromatic carbocycles. The molecule has 140 valence electrons. The number of amides is 3. The van der Waals surface area contributed by atoms with E-state index in [0.29, 0.717) is 23.6 Å². The van der Waals surface area contributed by atoms with Crippen LogP contribution in [0.1, 0.15) is 0 Å². The van der Waals surface area contributed by atoms with Gasteiger partial charge in [-0.2, -0.15) is 0 Å². The number of primary amides is 1. The average Bonchev–Trinajstić information content (AvgIpc) is 3.04. The summed E-state index contributed by atoms with van der Waals surface area (Å²) in [5.74, 6) is -0.0733. The van der Waals surface area contributed by atoms with Crippen molar-refractivity contribution >= 4 is 39.6 Å². The maximum absolute atomic E-state index is 12.6. The van der Waals surface area contributed by atoms with Crippen LogP contribution in [0.25, 0.3) is 21.9 Å². The number of rotatable bonds is 3. The number of nitrogens with one attached hydrogen (secondary N) is 1. The van der Waals surface area contributed by atoms with E-state index in [-0.39, 0.29) is 19.2 Å². The van der Waals surface area contributed by atoms with Crippen molar-refractivity contribution in [3.63, 3.8) is 0 Å². The fourth-order valence-electron chi connectivity index (χ4n) is 3.22. The van der Waals surface area contributed by atoms with Gasteiger partial charge in [0.1, 0.15) is 16.9 Å². The van der Waals surface area contributed by atoms with E-state index in [1.165, 1.54) is 12.0 Å². The molecule has 2 heterocycles. The maximum atomic E-state index is 12.6. The number of hydrogen-bond donors (Lipinski definition) is 2. The predicted molar refractivity (Wildman–Crippen MR) is 99.8 cm³/mol. The fraction of sp³-hybridized carbons (Fsp3) is 0.263. The van der Waals surface area contributed by atoms with Crippen LogP contribution in [0.2, 0.25) is 0 Å². The molecule has 1 atom stereocenters. The van der Waals surface area contributed by atoms with Gasteiger partial charge in [0.2, 0.25) is 5.91 Å². The lowest BCUT2D eigenvalue weighted by molar-refractivity contribution is -0.133. The Morgan fingerprint density at radius 1 is 1.22 bits per heavy atom. The number of nitrogens with zero attached hydrogens (tertiary/aromatic N) is 1. The SMILES string of the molecule is COc1cc2c(cc1NC(=O)N1CCOC(C(N)=O)C1)oc1ccccc12. The van der Waals surface area contributed by atoms with Gasteiger partial charge in [-0.3, -0.25) is 4.79 Å². The minimum absolute atomic E-state index is 0.108. The molecule has 8 heteroatoms. The second-order valence-electron chi connectivity index (χ2n) is 6.28. The Kier molecular flexibility index (Phi) is 4.33. The van der Waals surface area contributed by atoms with Crippen molar-refractivity contribution in [1.29, 1.82) is 0 Å². The summed E-state index contributed by atoms with van der Waals surface area (Å²) in [6.07, 6.45) is -0.802. The van der Waals surface area contributed by atoms with Crippen molar-refractivity contribution in [2.45, 2.75) is 6.10 Å². The van der Waals surface area contributed by atoms with Gasteiger partial charge in [0, 0.05) is 23.4 Å². The van der Waals surface area contributed by atoms with E-state index in [1.807, 2.05) is 30.3 Å². The molecule has 0 aliphatic carbocycles. The van der Waals surface area contributed by atoms with Gasteiger partial charge in [-0.1, -0.05) is 18.2 Å². The topological polar surface area (TPSA) is 107 Å². The van der Waals surface area contributed by atoms with Gasteiger partial charge in [-0.25, -0.2) is 4.79 Å². The predicted octanol–water partition coefficient (Wildman–Crippen LogP) is 2.31. The number of ether oxygens (including phenoxy) is 2. The van der Waals surface area contributed by atoms with Crippen LogP contribution in [0.4, 0.5) is 10.5 Å². The van der Waals surface area contributed by atoms with E-state index in [9.17, 15) is 9.59 Å². The van der Waals surface area contributed by atoms with Gasteiger partial charge in [-0.05, 0) is 12.1 Å². The molecule has 0 radical (unpaired) electrons. The summed E-state index contributed by atoms with van der Waals surface area (Å²) in [6.45, 7) is 0.724. The molecule has 0 saturated carbocycles. The van der Waals surface area contributed by atoms with Crippen molar-refractivity contribution in [1.82, 2.24) is 4.90 Å². The van der Waals surface area contributed by atoms with Gasteiger partial charge in [0.15, 0.2) is 6.10 Å². The molecule has 1 aliphatic rings. The molecule has 1 aromatic heterocycles. The van der Waals surface area contributed by atoms with Gasteiger partial charge >= 0.3 is 6.03 Å². The van der Waals surface area contributed by atoms with Crippen molar-refractivity contribution in [2.75, 3.05) is 32.1 Å². The molecule has 1 fully saturated rings. The number of methoxy groups -OCH3 is 1. The minimum atomic E-state index is -0.802. The molecule has 1 aliphatic heterocycles. The summed E-state index contributed by atoms with van der Waals surface area (Å²) in [5, 5.41) is 4.70. The van der Waals surface area contributed by atoms with E-state index in [0.717, 1.165) is 16.4 Å². The Bertz CT molecular complexity index is 1030. The normalized spacial score (nSPS) is 17.2. The summed E-state index contributed by atoms with van der Waals surface area (Å²) in [4.78, 5) is 25.4. The van der Waals surface area contributed by atoms with Crippen molar-refractivity contribution in [3.05, 3.63) is 36.4 Å². The first-order chi connectivity index (χ1) is 13.1. The Hall–Kier alpha value is -3.26. The van der Waals surface area contributed by atoms with E-state index < -0.39 is 12.0 Å². The van der Waals surface area contributed by atoms with Crippen LogP contribution in [0, 0.1) is 0 Å². The molecular weight excluding hydrogens is 350 g/mol. The summed E-state index contributed by atoms with van der Waals surface area (Å²) >= 11 is 0. The lowest BCUT2D eigenvalue weighted by Gasteiger charge is -2.31. The number of hydrogen-bond acceptors (Lipinski definition) is 5. The summed E-state index contributed by atoms with van der Waals surface area (Å²) in [6, 6.07) is 10.9. The second kappa shape index (κ2) is 6.81. The fourth-order valence-corrected chi connectivity index (χ4v) is 3.22. The first kappa shape index (κ1) is 17.2. The molecule has 1 saturated heterocycles. The number of furan rings is 1. The van der Waals surface area contributed by atoms with Crippen molar-refractivity contribution in [2.24, 2.45) is 5.73 Å². The summed E-state index contributed by atoms with van der Waals surface area (Å²) in [5.41, 5.74) is 7.16. The quantitative estimate of drug-likeness (QED) is 0.737. The van der Waals surface area contributed by atoms with Gasteiger partial charge in [0.05, 0.1) is 25.9 Å². The number of anilines is 1. The van der Waals surface area contributed by atoms with Gasteiger partial charge in [-0.15, -0.1) is 0 Å². The zero-order chi connectivity index (χ0) is 19.0. The third-order valence-electron chi connectivity index (χ3n) is 4.61. The van der Waals surface area contributed by atoms with Crippen LogP contribution in [0.5, 0.6) is 5.75 Å². The number of carbonyl (C=O) groups excluding carboxylic acids is 2. The zero-order valence-corrected chi connectivity index (χ0v) is 14.7. The highest BCUT2D eigenvalue weighted by atomic mass is 16.5. The van der Waals surface area contributed by atoms with Crippen LogP contribution in [-0.4, -0.2) is 49.7 Å². The number of para-hydroxylation sites is 1. The van der Waals surface area contributed by atoms with E-state index in [4.69, 9.17) is 19.6 Å². The molecule has 3 aromatic rings. The van der Waals surface area contributed by atoms with Crippen LogP contribution in [0.15, 0.2) is 40.8 Å². The molecular formula is C19H19N3O5. The molecule has 3 N–H and O–H groups in total. The minimum Gasteiger partial charge on any atom is -0.495 e. The first-order valence-corrected chi connectivity index (χ1v) is 8.53. The summed E-state index contributed by atoms with van der Waals surface area (Å²) < 4.78 is 16.6. The Morgan fingerprint density at radius 2 is 2.04 bits per heavy atom. The van der Waals surface area contributed by atoms with E-state index >= 15 is 0 Å². The molecule has 4 rings (SSSR count). The number of benzene rings is 2. The maximum Gasteiger partial charge on any atom is 0.322 e. The van der Waals surface area contributed by atoms with Crippen LogP contribution < -0.4 is 15.8 Å². The Labute approximate surface area is 154 Å².